The molecule has 0 saturated heterocycles. The Kier molecular flexibility index (Phi) is 5.95. The standard InChI is InChI=1S/C16H12Cl2N2O5/c1-2-25-16(22)12-5-3-9(7-13(12)17)19-15(21)11-6-4-10(20(23)24)8-14(11)18/h3-8H,2H2,1H3,(H,19,21). The second kappa shape index (κ2) is 7.96. The van der Waals surface area contributed by atoms with Crippen molar-refractivity contribution in [3.8, 4) is 0 Å². The molecule has 0 aromatic heterocycles. The monoisotopic (exact) mass is 382 g/mol. The summed E-state index contributed by atoms with van der Waals surface area (Å²) in [4.78, 5) is 34.0. The number of nitro groups is 1. The number of carbonyl (C=O) groups excluding carboxylic acids is 2. The minimum absolute atomic E-state index is 0.0547. The number of nitro benzene ring substituents is 1. The summed E-state index contributed by atoms with van der Waals surface area (Å²) in [5.74, 6) is -1.14. The maximum atomic E-state index is 12.2. The number of benzene rings is 2. The van der Waals surface area contributed by atoms with Gasteiger partial charge in [0.2, 0.25) is 0 Å². The van der Waals surface area contributed by atoms with Gasteiger partial charge in [-0.1, -0.05) is 23.2 Å². The van der Waals surface area contributed by atoms with E-state index < -0.39 is 16.8 Å². The molecule has 0 bridgehead atoms. The quantitative estimate of drug-likeness (QED) is 0.471. The number of amides is 1. The molecule has 25 heavy (non-hydrogen) atoms. The molecule has 0 unspecified atom stereocenters. The van der Waals surface area contributed by atoms with Crippen LogP contribution in [0.1, 0.15) is 27.6 Å². The molecule has 0 saturated carbocycles. The van der Waals surface area contributed by atoms with Crippen molar-refractivity contribution in [2.24, 2.45) is 0 Å². The Morgan fingerprint density at radius 3 is 2.32 bits per heavy atom. The number of hydrogen-bond donors (Lipinski definition) is 1. The molecule has 9 heteroatoms. The molecule has 7 nitrogen and oxygen atoms in total. The zero-order chi connectivity index (χ0) is 18.6. The molecule has 0 atom stereocenters. The number of anilines is 1. The topological polar surface area (TPSA) is 98.5 Å². The van der Waals surface area contributed by atoms with Gasteiger partial charge in [-0.05, 0) is 31.2 Å². The summed E-state index contributed by atoms with van der Waals surface area (Å²) in [7, 11) is 0. The molecule has 1 amide bonds. The van der Waals surface area contributed by atoms with Gasteiger partial charge in [0.1, 0.15) is 0 Å². The first-order valence-electron chi connectivity index (χ1n) is 7.05. The van der Waals surface area contributed by atoms with Crippen LogP contribution < -0.4 is 5.32 Å². The summed E-state index contributed by atoms with van der Waals surface area (Å²) in [6, 6.07) is 7.82. The summed E-state index contributed by atoms with van der Waals surface area (Å²) >= 11 is 11.9. The van der Waals surface area contributed by atoms with Gasteiger partial charge in [-0.2, -0.15) is 0 Å². The third-order valence-electron chi connectivity index (χ3n) is 3.13. The zero-order valence-electron chi connectivity index (χ0n) is 12.9. The highest BCUT2D eigenvalue weighted by atomic mass is 35.5. The second-order valence-electron chi connectivity index (χ2n) is 4.79. The molecule has 0 radical (unpaired) electrons. The summed E-state index contributed by atoms with van der Waals surface area (Å²) in [6.07, 6.45) is 0. The maximum absolute atomic E-state index is 12.2. The van der Waals surface area contributed by atoms with Crippen LogP contribution in [-0.4, -0.2) is 23.4 Å². The first-order chi connectivity index (χ1) is 11.8. The zero-order valence-corrected chi connectivity index (χ0v) is 14.4. The minimum Gasteiger partial charge on any atom is -0.462 e. The van der Waals surface area contributed by atoms with Crippen molar-refractivity contribution in [3.05, 3.63) is 67.7 Å². The van der Waals surface area contributed by atoms with Crippen molar-refractivity contribution in [1.82, 2.24) is 0 Å². The number of hydrogen-bond acceptors (Lipinski definition) is 5. The number of non-ortho nitro benzene ring substituents is 1. The number of nitrogens with one attached hydrogen (secondary N) is 1. The SMILES string of the molecule is CCOC(=O)c1ccc(NC(=O)c2ccc([N+](=O)[O-])cc2Cl)cc1Cl. The average Bonchev–Trinajstić information content (AvgIpc) is 2.54. The van der Waals surface area contributed by atoms with E-state index in [1.54, 1.807) is 6.92 Å². The fourth-order valence-corrected chi connectivity index (χ4v) is 2.49. The normalized spacial score (nSPS) is 10.2. The van der Waals surface area contributed by atoms with Gasteiger partial charge in [-0.25, -0.2) is 4.79 Å². The Morgan fingerprint density at radius 2 is 1.76 bits per heavy atom. The minimum atomic E-state index is -0.610. The molecule has 2 rings (SSSR count). The van der Waals surface area contributed by atoms with Crippen molar-refractivity contribution >= 4 is 46.5 Å². The van der Waals surface area contributed by atoms with Gasteiger partial charge in [0, 0.05) is 17.8 Å². The molecule has 0 aliphatic rings. The fourth-order valence-electron chi connectivity index (χ4n) is 1.97. The van der Waals surface area contributed by atoms with Crippen molar-refractivity contribution < 1.29 is 19.2 Å². The molecule has 0 aliphatic heterocycles. The molecule has 2 aromatic carbocycles. The molecular weight excluding hydrogens is 371 g/mol. The lowest BCUT2D eigenvalue weighted by molar-refractivity contribution is -0.384. The van der Waals surface area contributed by atoms with E-state index in [1.807, 2.05) is 0 Å². The van der Waals surface area contributed by atoms with Crippen molar-refractivity contribution in [2.45, 2.75) is 6.92 Å². The van der Waals surface area contributed by atoms with Gasteiger partial charge in [0.05, 0.1) is 32.7 Å². The smallest absolute Gasteiger partial charge is 0.339 e. The van der Waals surface area contributed by atoms with Gasteiger partial charge in [0.25, 0.3) is 11.6 Å². The van der Waals surface area contributed by atoms with E-state index in [0.29, 0.717) is 5.69 Å². The first-order valence-corrected chi connectivity index (χ1v) is 7.81. The van der Waals surface area contributed by atoms with E-state index >= 15 is 0 Å². The van der Waals surface area contributed by atoms with E-state index in [1.165, 1.54) is 30.3 Å². The molecule has 130 valence electrons. The Hall–Kier alpha value is -2.64. The largest absolute Gasteiger partial charge is 0.462 e. The maximum Gasteiger partial charge on any atom is 0.339 e. The summed E-state index contributed by atoms with van der Waals surface area (Å²) in [6.45, 7) is 1.89. The number of carbonyl (C=O) groups is 2. The highest BCUT2D eigenvalue weighted by Crippen LogP contribution is 2.25. The van der Waals surface area contributed by atoms with E-state index in [2.05, 4.69) is 5.32 Å². The predicted octanol–water partition coefficient (Wildman–Crippen LogP) is 4.33. The predicted molar refractivity (Wildman–Crippen MR) is 93.5 cm³/mol. The lowest BCUT2D eigenvalue weighted by atomic mass is 10.1. The van der Waals surface area contributed by atoms with Gasteiger partial charge < -0.3 is 10.1 Å². The lowest BCUT2D eigenvalue weighted by Gasteiger charge is -2.09. The van der Waals surface area contributed by atoms with E-state index in [4.69, 9.17) is 27.9 Å². The molecule has 1 N–H and O–H groups in total. The molecule has 0 spiro atoms. The number of nitrogens with zero attached hydrogens (tertiary/aromatic N) is 1. The van der Waals surface area contributed by atoms with Gasteiger partial charge in [-0.3, -0.25) is 14.9 Å². The summed E-state index contributed by atoms with van der Waals surface area (Å²) < 4.78 is 4.86. The van der Waals surface area contributed by atoms with Crippen LogP contribution in [0.2, 0.25) is 10.0 Å². The summed E-state index contributed by atoms with van der Waals surface area (Å²) in [5.41, 5.74) is 0.355. The van der Waals surface area contributed by atoms with Crippen LogP contribution in [0, 0.1) is 10.1 Å². The van der Waals surface area contributed by atoms with Crippen molar-refractivity contribution in [2.75, 3.05) is 11.9 Å². The molecule has 0 fully saturated rings. The van der Waals surface area contributed by atoms with Crippen LogP contribution in [0.15, 0.2) is 36.4 Å². The summed E-state index contributed by atoms with van der Waals surface area (Å²) in [5, 5.41) is 13.3. The van der Waals surface area contributed by atoms with Crippen molar-refractivity contribution in [3.63, 3.8) is 0 Å². The molecule has 2 aromatic rings. The first kappa shape index (κ1) is 18.7. The lowest BCUT2D eigenvalue weighted by Crippen LogP contribution is -2.13. The van der Waals surface area contributed by atoms with E-state index in [-0.39, 0.29) is 33.5 Å². The Bertz CT molecular complexity index is 854. The van der Waals surface area contributed by atoms with Gasteiger partial charge >= 0.3 is 5.97 Å². The molecular formula is C16H12Cl2N2O5. The van der Waals surface area contributed by atoms with E-state index in [9.17, 15) is 19.7 Å². The molecule has 0 aliphatic carbocycles. The Balaban J connectivity index is 2.19. The van der Waals surface area contributed by atoms with Gasteiger partial charge in [-0.15, -0.1) is 0 Å². The Labute approximate surface area is 152 Å². The van der Waals surface area contributed by atoms with Crippen LogP contribution in [0.4, 0.5) is 11.4 Å². The van der Waals surface area contributed by atoms with Crippen LogP contribution >= 0.6 is 23.2 Å². The fraction of sp³-hybridized carbons (Fsp3) is 0.125. The van der Waals surface area contributed by atoms with Gasteiger partial charge in [0.15, 0.2) is 0 Å². The third-order valence-corrected chi connectivity index (χ3v) is 3.76. The van der Waals surface area contributed by atoms with Crippen LogP contribution in [0.3, 0.4) is 0 Å². The number of ether oxygens (including phenoxy) is 1. The van der Waals surface area contributed by atoms with Crippen LogP contribution in [-0.2, 0) is 4.74 Å². The number of halogens is 2. The second-order valence-corrected chi connectivity index (χ2v) is 5.60. The molecule has 0 heterocycles. The van der Waals surface area contributed by atoms with Crippen LogP contribution in [0.25, 0.3) is 0 Å². The Morgan fingerprint density at radius 1 is 1.12 bits per heavy atom. The average molecular weight is 383 g/mol. The highest BCUT2D eigenvalue weighted by Gasteiger charge is 2.16. The number of rotatable bonds is 5. The van der Waals surface area contributed by atoms with Crippen LogP contribution in [0.5, 0.6) is 0 Å². The third kappa shape index (κ3) is 4.46. The van der Waals surface area contributed by atoms with E-state index in [0.717, 1.165) is 6.07 Å². The highest BCUT2D eigenvalue weighted by molar-refractivity contribution is 6.35. The van der Waals surface area contributed by atoms with Crippen molar-refractivity contribution in [1.29, 1.82) is 0 Å². The number of esters is 1.